The SMILES string of the molecule is CC(=O)Nc1ccc(Oc2ccn(O)c(=NCCN3CCOCC3)c2)c(F)c1. The Hall–Kier alpha value is -2.91. The summed E-state index contributed by atoms with van der Waals surface area (Å²) in [5.74, 6) is -0.560. The zero-order valence-corrected chi connectivity index (χ0v) is 15.6. The van der Waals surface area contributed by atoms with Crippen LogP contribution in [0.1, 0.15) is 6.92 Å². The molecule has 2 aromatic rings. The second-order valence-electron chi connectivity index (χ2n) is 6.33. The highest BCUT2D eigenvalue weighted by Crippen LogP contribution is 2.25. The lowest BCUT2D eigenvalue weighted by Gasteiger charge is -2.25. The van der Waals surface area contributed by atoms with Crippen molar-refractivity contribution in [2.75, 3.05) is 44.7 Å². The zero-order chi connectivity index (χ0) is 19.9. The van der Waals surface area contributed by atoms with Gasteiger partial charge in [0, 0.05) is 56.6 Å². The number of aromatic nitrogens is 1. The average molecular weight is 390 g/mol. The normalized spacial score (nSPS) is 15.4. The molecule has 1 saturated heterocycles. The van der Waals surface area contributed by atoms with Crippen LogP contribution in [0.4, 0.5) is 10.1 Å². The van der Waals surface area contributed by atoms with Gasteiger partial charge in [0.2, 0.25) is 5.91 Å². The van der Waals surface area contributed by atoms with Crippen LogP contribution in [0.3, 0.4) is 0 Å². The van der Waals surface area contributed by atoms with Gasteiger partial charge in [-0.05, 0) is 12.1 Å². The molecule has 1 fully saturated rings. The van der Waals surface area contributed by atoms with Gasteiger partial charge in [-0.15, -0.1) is 0 Å². The lowest BCUT2D eigenvalue weighted by Crippen LogP contribution is -2.38. The van der Waals surface area contributed by atoms with Crippen LogP contribution in [0.2, 0.25) is 0 Å². The first-order valence-electron chi connectivity index (χ1n) is 8.99. The minimum Gasteiger partial charge on any atom is -0.454 e. The average Bonchev–Trinajstić information content (AvgIpc) is 2.67. The monoisotopic (exact) mass is 390 g/mol. The van der Waals surface area contributed by atoms with Crippen molar-refractivity contribution in [3.8, 4) is 11.5 Å². The van der Waals surface area contributed by atoms with E-state index in [-0.39, 0.29) is 11.7 Å². The fourth-order valence-electron chi connectivity index (χ4n) is 2.77. The number of ether oxygens (including phenoxy) is 2. The molecule has 0 saturated carbocycles. The number of hydrogen-bond donors (Lipinski definition) is 2. The summed E-state index contributed by atoms with van der Waals surface area (Å²) in [5, 5.41) is 12.4. The maximum Gasteiger partial charge on any atom is 0.221 e. The van der Waals surface area contributed by atoms with E-state index in [0.29, 0.717) is 23.5 Å². The van der Waals surface area contributed by atoms with Gasteiger partial charge in [-0.1, -0.05) is 0 Å². The standard InChI is InChI=1S/C19H23FN4O4/c1-14(25)22-15-2-3-18(17(20)12-15)28-16-4-6-24(26)19(13-16)21-5-7-23-8-10-27-11-9-23/h2-4,6,12-13,26H,5,7-11H2,1H3,(H,22,25). The number of nitrogens with zero attached hydrogens (tertiary/aromatic N) is 3. The van der Waals surface area contributed by atoms with Gasteiger partial charge in [0.1, 0.15) is 5.75 Å². The topological polar surface area (TPSA) is 88.3 Å². The Labute approximate surface area is 161 Å². The number of halogens is 1. The first-order chi connectivity index (χ1) is 13.5. The van der Waals surface area contributed by atoms with Gasteiger partial charge >= 0.3 is 0 Å². The second kappa shape index (κ2) is 9.34. The van der Waals surface area contributed by atoms with Gasteiger partial charge in [-0.25, -0.2) is 4.39 Å². The highest BCUT2D eigenvalue weighted by Gasteiger charge is 2.10. The third-order valence-corrected chi connectivity index (χ3v) is 4.16. The minimum absolute atomic E-state index is 0.00376. The van der Waals surface area contributed by atoms with Crippen LogP contribution in [0.25, 0.3) is 0 Å². The van der Waals surface area contributed by atoms with E-state index in [1.165, 1.54) is 37.4 Å². The molecule has 1 aromatic carbocycles. The molecule has 8 nitrogen and oxygen atoms in total. The van der Waals surface area contributed by atoms with Crippen molar-refractivity contribution in [1.29, 1.82) is 0 Å². The minimum atomic E-state index is -0.613. The van der Waals surface area contributed by atoms with Gasteiger partial charge < -0.3 is 20.0 Å². The highest BCUT2D eigenvalue weighted by molar-refractivity contribution is 5.88. The van der Waals surface area contributed by atoms with Crippen LogP contribution in [0.15, 0.2) is 41.5 Å². The maximum absolute atomic E-state index is 14.2. The molecule has 28 heavy (non-hydrogen) atoms. The fraction of sp³-hybridized carbons (Fsp3) is 0.368. The van der Waals surface area contributed by atoms with Crippen LogP contribution in [-0.2, 0) is 9.53 Å². The molecule has 1 aliphatic heterocycles. The molecule has 0 unspecified atom stereocenters. The first-order valence-corrected chi connectivity index (χ1v) is 8.99. The molecule has 3 rings (SSSR count). The van der Waals surface area contributed by atoms with Crippen molar-refractivity contribution in [1.82, 2.24) is 9.63 Å². The third-order valence-electron chi connectivity index (χ3n) is 4.16. The van der Waals surface area contributed by atoms with Crippen LogP contribution in [0, 0.1) is 5.82 Å². The number of nitrogens with one attached hydrogen (secondary N) is 1. The van der Waals surface area contributed by atoms with Crippen LogP contribution >= 0.6 is 0 Å². The number of rotatable bonds is 6. The van der Waals surface area contributed by atoms with Crippen molar-refractivity contribution in [3.05, 3.63) is 47.8 Å². The molecule has 0 radical (unpaired) electrons. The molecule has 150 valence electrons. The number of carbonyl (C=O) groups is 1. The molecule has 9 heteroatoms. The summed E-state index contributed by atoms with van der Waals surface area (Å²) >= 11 is 0. The fourth-order valence-corrected chi connectivity index (χ4v) is 2.77. The largest absolute Gasteiger partial charge is 0.454 e. The van der Waals surface area contributed by atoms with E-state index in [0.717, 1.165) is 37.6 Å². The van der Waals surface area contributed by atoms with Crippen molar-refractivity contribution < 1.29 is 23.9 Å². The molecule has 0 aliphatic carbocycles. The van der Waals surface area contributed by atoms with E-state index in [1.807, 2.05) is 0 Å². The number of morpholine rings is 1. The summed E-state index contributed by atoms with van der Waals surface area (Å²) in [6, 6.07) is 7.18. The predicted molar refractivity (Wildman–Crippen MR) is 100 cm³/mol. The van der Waals surface area contributed by atoms with Crippen molar-refractivity contribution >= 4 is 11.6 Å². The molecule has 0 atom stereocenters. The van der Waals surface area contributed by atoms with Crippen LogP contribution < -0.4 is 15.5 Å². The Bertz CT molecular complexity index is 894. The van der Waals surface area contributed by atoms with Crippen molar-refractivity contribution in [2.45, 2.75) is 6.92 Å². The molecular formula is C19H23FN4O4. The number of anilines is 1. The lowest BCUT2D eigenvalue weighted by atomic mass is 10.3. The van der Waals surface area contributed by atoms with E-state index >= 15 is 0 Å². The Balaban J connectivity index is 1.68. The molecular weight excluding hydrogens is 367 g/mol. The van der Waals surface area contributed by atoms with E-state index in [4.69, 9.17) is 9.47 Å². The summed E-state index contributed by atoms with van der Waals surface area (Å²) in [4.78, 5) is 17.7. The summed E-state index contributed by atoms with van der Waals surface area (Å²) in [5.41, 5.74) is 0.651. The Morgan fingerprint density at radius 2 is 2.11 bits per heavy atom. The Kier molecular flexibility index (Phi) is 6.62. The van der Waals surface area contributed by atoms with Gasteiger partial charge in [0.15, 0.2) is 17.1 Å². The number of amides is 1. The number of hydrogen-bond acceptors (Lipinski definition) is 6. The third kappa shape index (κ3) is 5.54. The van der Waals surface area contributed by atoms with Gasteiger partial charge in [0.05, 0.1) is 19.8 Å². The van der Waals surface area contributed by atoms with Gasteiger partial charge in [-0.3, -0.25) is 14.7 Å². The summed E-state index contributed by atoms with van der Waals surface area (Å²) in [7, 11) is 0. The van der Waals surface area contributed by atoms with E-state index < -0.39 is 5.82 Å². The number of carbonyl (C=O) groups excluding carboxylic acids is 1. The smallest absolute Gasteiger partial charge is 0.221 e. The number of pyridine rings is 1. The number of benzene rings is 1. The summed E-state index contributed by atoms with van der Waals surface area (Å²) in [6.07, 6.45) is 1.38. The van der Waals surface area contributed by atoms with Crippen molar-refractivity contribution in [2.24, 2.45) is 4.99 Å². The predicted octanol–water partition coefficient (Wildman–Crippen LogP) is 1.85. The van der Waals surface area contributed by atoms with Gasteiger partial charge in [0.25, 0.3) is 0 Å². The summed E-state index contributed by atoms with van der Waals surface area (Å²) < 4.78 is 26.0. The summed E-state index contributed by atoms with van der Waals surface area (Å²) in [6.45, 7) is 5.78. The van der Waals surface area contributed by atoms with E-state index in [9.17, 15) is 14.4 Å². The molecule has 0 bridgehead atoms. The molecule has 2 heterocycles. The Morgan fingerprint density at radius 1 is 1.32 bits per heavy atom. The quantitative estimate of drug-likeness (QED) is 0.735. The highest BCUT2D eigenvalue weighted by atomic mass is 19.1. The molecule has 0 spiro atoms. The second-order valence-corrected chi connectivity index (χ2v) is 6.33. The lowest BCUT2D eigenvalue weighted by molar-refractivity contribution is -0.114. The molecule has 2 N–H and O–H groups in total. The van der Waals surface area contributed by atoms with Crippen LogP contribution in [-0.4, -0.2) is 60.1 Å². The Morgan fingerprint density at radius 3 is 2.82 bits per heavy atom. The zero-order valence-electron chi connectivity index (χ0n) is 15.6. The first kappa shape index (κ1) is 19.8. The van der Waals surface area contributed by atoms with E-state index in [1.54, 1.807) is 6.07 Å². The molecule has 1 aromatic heterocycles. The molecule has 1 aliphatic rings. The van der Waals surface area contributed by atoms with Gasteiger partial charge in [-0.2, -0.15) is 4.73 Å². The maximum atomic E-state index is 14.2. The van der Waals surface area contributed by atoms with E-state index in [2.05, 4.69) is 15.2 Å². The van der Waals surface area contributed by atoms with Crippen molar-refractivity contribution in [3.63, 3.8) is 0 Å². The molecule has 1 amide bonds. The van der Waals surface area contributed by atoms with Crippen LogP contribution in [0.5, 0.6) is 11.5 Å².